The van der Waals surface area contributed by atoms with Gasteiger partial charge in [0.1, 0.15) is 5.69 Å². The lowest BCUT2D eigenvalue weighted by molar-refractivity contribution is -0.384. The third kappa shape index (κ3) is 4.46. The predicted molar refractivity (Wildman–Crippen MR) is 92.1 cm³/mol. The van der Waals surface area contributed by atoms with Crippen LogP contribution < -0.4 is 10.6 Å². The normalized spacial score (nSPS) is 10.1. The summed E-state index contributed by atoms with van der Waals surface area (Å²) >= 11 is 1.51. The van der Waals surface area contributed by atoms with Gasteiger partial charge in [-0.3, -0.25) is 14.9 Å². The molecule has 0 aromatic heterocycles. The van der Waals surface area contributed by atoms with E-state index in [-0.39, 0.29) is 11.6 Å². The van der Waals surface area contributed by atoms with Gasteiger partial charge in [0.2, 0.25) is 0 Å². The van der Waals surface area contributed by atoms with Crippen LogP contribution in [-0.4, -0.2) is 30.2 Å². The number of rotatable bonds is 7. The number of nitro benzene ring substituents is 1. The van der Waals surface area contributed by atoms with E-state index in [4.69, 9.17) is 0 Å². The van der Waals surface area contributed by atoms with E-state index in [9.17, 15) is 14.9 Å². The highest BCUT2D eigenvalue weighted by Crippen LogP contribution is 2.22. The molecule has 0 heterocycles. The van der Waals surface area contributed by atoms with Crippen molar-refractivity contribution in [1.82, 2.24) is 5.32 Å². The molecular formula is C16H17N3O3S. The standard InChI is InChI=1S/C16H17N3O3S/c1-23-15-9-5-2-6-12(15)16(20)18-11-10-17-13-7-3-4-8-14(13)19(21)22/h2-9,17H,10-11H2,1H3,(H,18,20). The van der Waals surface area contributed by atoms with E-state index in [1.165, 1.54) is 17.8 Å². The Morgan fingerprint density at radius 3 is 2.57 bits per heavy atom. The number of thioether (sulfide) groups is 1. The number of nitro groups is 1. The van der Waals surface area contributed by atoms with Gasteiger partial charge in [0.05, 0.1) is 10.5 Å². The molecule has 120 valence electrons. The zero-order valence-corrected chi connectivity index (χ0v) is 13.4. The lowest BCUT2D eigenvalue weighted by atomic mass is 10.2. The largest absolute Gasteiger partial charge is 0.378 e. The Bertz CT molecular complexity index is 706. The highest BCUT2D eigenvalue weighted by Gasteiger charge is 2.12. The van der Waals surface area contributed by atoms with Gasteiger partial charge in [0.15, 0.2) is 0 Å². The molecule has 6 nitrogen and oxygen atoms in total. The number of para-hydroxylation sites is 2. The summed E-state index contributed by atoms with van der Waals surface area (Å²) in [5.41, 5.74) is 1.09. The van der Waals surface area contributed by atoms with Crippen LogP contribution in [0.15, 0.2) is 53.4 Å². The predicted octanol–water partition coefficient (Wildman–Crippen LogP) is 3.16. The van der Waals surface area contributed by atoms with Crippen molar-refractivity contribution in [3.8, 4) is 0 Å². The molecule has 0 aliphatic carbocycles. The zero-order valence-electron chi connectivity index (χ0n) is 12.6. The van der Waals surface area contributed by atoms with Crippen LogP contribution in [0.4, 0.5) is 11.4 Å². The van der Waals surface area contributed by atoms with Crippen LogP contribution in [0.25, 0.3) is 0 Å². The van der Waals surface area contributed by atoms with Crippen LogP contribution in [0.2, 0.25) is 0 Å². The molecule has 2 rings (SSSR count). The van der Waals surface area contributed by atoms with E-state index in [0.29, 0.717) is 24.3 Å². The molecular weight excluding hydrogens is 314 g/mol. The summed E-state index contributed by atoms with van der Waals surface area (Å²) in [7, 11) is 0. The average Bonchev–Trinajstić information content (AvgIpc) is 2.58. The van der Waals surface area contributed by atoms with Gasteiger partial charge >= 0.3 is 0 Å². The Morgan fingerprint density at radius 2 is 1.83 bits per heavy atom. The minimum absolute atomic E-state index is 0.0200. The number of hydrogen-bond acceptors (Lipinski definition) is 5. The van der Waals surface area contributed by atoms with E-state index >= 15 is 0 Å². The number of carbonyl (C=O) groups excluding carboxylic acids is 1. The Balaban J connectivity index is 1.88. The minimum atomic E-state index is -0.435. The van der Waals surface area contributed by atoms with Gasteiger partial charge in [0, 0.05) is 24.1 Å². The number of carbonyl (C=O) groups is 1. The molecule has 0 aliphatic rings. The smallest absolute Gasteiger partial charge is 0.292 e. The molecule has 0 radical (unpaired) electrons. The van der Waals surface area contributed by atoms with E-state index in [0.717, 1.165) is 4.90 Å². The first-order valence-electron chi connectivity index (χ1n) is 7.02. The number of hydrogen-bond donors (Lipinski definition) is 2. The van der Waals surface area contributed by atoms with Crippen molar-refractivity contribution in [3.63, 3.8) is 0 Å². The molecule has 23 heavy (non-hydrogen) atoms. The van der Waals surface area contributed by atoms with Crippen LogP contribution in [0.3, 0.4) is 0 Å². The van der Waals surface area contributed by atoms with E-state index in [2.05, 4.69) is 10.6 Å². The van der Waals surface area contributed by atoms with Crippen LogP contribution in [0.1, 0.15) is 10.4 Å². The molecule has 0 saturated heterocycles. The Labute approximate surface area is 138 Å². The van der Waals surface area contributed by atoms with Crippen LogP contribution in [0, 0.1) is 10.1 Å². The Hall–Kier alpha value is -2.54. The summed E-state index contributed by atoms with van der Waals surface area (Å²) in [6.07, 6.45) is 1.92. The second-order valence-electron chi connectivity index (χ2n) is 4.66. The average molecular weight is 331 g/mol. The maximum Gasteiger partial charge on any atom is 0.292 e. The zero-order chi connectivity index (χ0) is 16.7. The summed E-state index contributed by atoms with van der Waals surface area (Å²) in [6, 6.07) is 13.8. The summed E-state index contributed by atoms with van der Waals surface area (Å²) in [5.74, 6) is -0.153. The summed E-state index contributed by atoms with van der Waals surface area (Å²) in [6.45, 7) is 0.769. The number of anilines is 1. The molecule has 1 amide bonds. The van der Waals surface area contributed by atoms with Crippen molar-refractivity contribution in [2.75, 3.05) is 24.7 Å². The topological polar surface area (TPSA) is 84.3 Å². The SMILES string of the molecule is CSc1ccccc1C(=O)NCCNc1ccccc1[N+](=O)[O-]. The molecule has 0 fully saturated rings. The van der Waals surface area contributed by atoms with Gasteiger partial charge in [0.25, 0.3) is 11.6 Å². The van der Waals surface area contributed by atoms with Gasteiger partial charge in [-0.25, -0.2) is 0 Å². The van der Waals surface area contributed by atoms with Crippen molar-refractivity contribution in [3.05, 3.63) is 64.2 Å². The minimum Gasteiger partial charge on any atom is -0.378 e. The Morgan fingerprint density at radius 1 is 1.13 bits per heavy atom. The van der Waals surface area contributed by atoms with Crippen molar-refractivity contribution in [1.29, 1.82) is 0 Å². The highest BCUT2D eigenvalue weighted by atomic mass is 32.2. The highest BCUT2D eigenvalue weighted by molar-refractivity contribution is 7.98. The summed E-state index contributed by atoms with van der Waals surface area (Å²) < 4.78 is 0. The summed E-state index contributed by atoms with van der Waals surface area (Å²) in [4.78, 5) is 23.5. The number of nitrogens with one attached hydrogen (secondary N) is 2. The van der Waals surface area contributed by atoms with Gasteiger partial charge in [-0.05, 0) is 24.5 Å². The molecule has 7 heteroatoms. The fourth-order valence-corrected chi connectivity index (χ4v) is 2.68. The molecule has 0 atom stereocenters. The first-order chi connectivity index (χ1) is 11.1. The maximum atomic E-state index is 12.2. The third-order valence-corrected chi connectivity index (χ3v) is 3.97. The van der Waals surface area contributed by atoms with Crippen LogP contribution in [-0.2, 0) is 0 Å². The molecule has 0 aliphatic heterocycles. The van der Waals surface area contributed by atoms with E-state index in [1.807, 2.05) is 24.5 Å². The lowest BCUT2D eigenvalue weighted by Gasteiger charge is -2.10. The number of benzene rings is 2. The van der Waals surface area contributed by atoms with Gasteiger partial charge < -0.3 is 10.6 Å². The van der Waals surface area contributed by atoms with Gasteiger partial charge in [-0.15, -0.1) is 11.8 Å². The van der Waals surface area contributed by atoms with E-state index < -0.39 is 4.92 Å². The third-order valence-electron chi connectivity index (χ3n) is 3.18. The summed E-state index contributed by atoms with van der Waals surface area (Å²) in [5, 5.41) is 16.7. The van der Waals surface area contributed by atoms with Crippen LogP contribution >= 0.6 is 11.8 Å². The van der Waals surface area contributed by atoms with Crippen LogP contribution in [0.5, 0.6) is 0 Å². The van der Waals surface area contributed by atoms with E-state index in [1.54, 1.807) is 24.3 Å². The van der Waals surface area contributed by atoms with Crippen molar-refractivity contribution in [2.24, 2.45) is 0 Å². The molecule has 2 aromatic rings. The first kappa shape index (κ1) is 16.8. The van der Waals surface area contributed by atoms with Crippen molar-refractivity contribution in [2.45, 2.75) is 4.90 Å². The monoisotopic (exact) mass is 331 g/mol. The fourth-order valence-electron chi connectivity index (χ4n) is 2.08. The molecule has 0 saturated carbocycles. The van der Waals surface area contributed by atoms with Gasteiger partial charge in [-0.1, -0.05) is 24.3 Å². The number of nitrogens with zero attached hydrogens (tertiary/aromatic N) is 1. The van der Waals surface area contributed by atoms with Gasteiger partial charge in [-0.2, -0.15) is 0 Å². The quantitative estimate of drug-likeness (QED) is 0.352. The first-order valence-corrected chi connectivity index (χ1v) is 8.24. The second-order valence-corrected chi connectivity index (χ2v) is 5.51. The molecule has 0 unspecified atom stereocenters. The Kier molecular flexibility index (Phi) is 5.99. The molecule has 2 N–H and O–H groups in total. The maximum absolute atomic E-state index is 12.2. The second kappa shape index (κ2) is 8.19. The lowest BCUT2D eigenvalue weighted by Crippen LogP contribution is -2.29. The fraction of sp³-hybridized carbons (Fsp3) is 0.188. The number of amides is 1. The molecule has 2 aromatic carbocycles. The van der Waals surface area contributed by atoms with Crippen molar-refractivity contribution >= 4 is 29.0 Å². The molecule has 0 spiro atoms. The molecule has 0 bridgehead atoms. The van der Waals surface area contributed by atoms with Crippen molar-refractivity contribution < 1.29 is 9.72 Å².